The van der Waals surface area contributed by atoms with Gasteiger partial charge >= 0.3 is 0 Å². The molecular weight excluding hydrogens is 450 g/mol. The number of halogens is 1. The second-order valence-corrected chi connectivity index (χ2v) is 9.44. The molecule has 0 amide bonds. The van der Waals surface area contributed by atoms with Gasteiger partial charge in [-0.1, -0.05) is 118 Å². The molecule has 2 nitrogen and oxygen atoms in total. The number of unbranched alkanes of at least 4 members (excludes halogenated alkanes) is 3. The molecule has 0 radical (unpaired) electrons. The summed E-state index contributed by atoms with van der Waals surface area (Å²) in [6, 6.07) is 29.5. The molecule has 0 aliphatic carbocycles. The van der Waals surface area contributed by atoms with E-state index in [0.29, 0.717) is 6.04 Å². The first kappa shape index (κ1) is 27.0. The molecule has 0 bridgehead atoms. The molecule has 0 spiro atoms. The van der Waals surface area contributed by atoms with Crippen molar-refractivity contribution >= 4 is 22.2 Å². The number of hydrogen-bond donors (Lipinski definition) is 0. The Hall–Kier alpha value is -2.55. The third-order valence-corrected chi connectivity index (χ3v) is 7.08. The van der Waals surface area contributed by atoms with Gasteiger partial charge in [0.2, 0.25) is 0 Å². The lowest BCUT2D eigenvalue weighted by molar-refractivity contribution is 0.216. The molecule has 1 atom stereocenters. The van der Waals surface area contributed by atoms with Gasteiger partial charge in [0, 0.05) is 11.6 Å². The fourth-order valence-corrected chi connectivity index (χ4v) is 4.93. The summed E-state index contributed by atoms with van der Waals surface area (Å²) < 4.78 is 6.03. The van der Waals surface area contributed by atoms with E-state index in [1.165, 1.54) is 25.7 Å². The maximum atomic E-state index is 6.92. The van der Waals surface area contributed by atoms with E-state index in [-0.39, 0.29) is 0 Å². The highest BCUT2D eigenvalue weighted by Gasteiger charge is 2.13. The summed E-state index contributed by atoms with van der Waals surface area (Å²) in [5.41, 5.74) is 4.23. The standard InChI is InChI=1S/C32H40ClNO/c1-4-34(5-2)26(3)16-10-6-7-15-25-35-30-23-21-28(22-24-30)31(27-17-11-8-12-18-27)32(33)29-19-13-9-14-20-29/h8-9,11-14,17-24,26H,4-7,10,15-16,25H2,1-3H3/b32-31-. The molecule has 0 heterocycles. The normalized spacial score (nSPS) is 12.9. The van der Waals surface area contributed by atoms with Gasteiger partial charge in [-0.25, -0.2) is 0 Å². The van der Waals surface area contributed by atoms with Crippen molar-refractivity contribution in [2.24, 2.45) is 0 Å². The van der Waals surface area contributed by atoms with Crippen LogP contribution in [0.3, 0.4) is 0 Å². The Bertz CT molecular complexity index is 1010. The molecule has 0 N–H and O–H groups in total. The van der Waals surface area contributed by atoms with Crippen LogP contribution in [0.2, 0.25) is 0 Å². The Labute approximate surface area is 217 Å². The van der Waals surface area contributed by atoms with Crippen molar-refractivity contribution in [2.75, 3.05) is 19.7 Å². The van der Waals surface area contributed by atoms with E-state index in [1.54, 1.807) is 0 Å². The smallest absolute Gasteiger partial charge is 0.119 e. The number of nitrogens with zero attached hydrogens (tertiary/aromatic N) is 1. The zero-order valence-electron chi connectivity index (χ0n) is 21.6. The molecule has 3 aromatic carbocycles. The van der Waals surface area contributed by atoms with Crippen LogP contribution < -0.4 is 4.74 Å². The average molecular weight is 490 g/mol. The van der Waals surface area contributed by atoms with Crippen LogP contribution in [0.1, 0.15) is 69.6 Å². The molecule has 3 rings (SSSR count). The second-order valence-electron chi connectivity index (χ2n) is 9.07. The summed E-state index contributed by atoms with van der Waals surface area (Å²) >= 11 is 6.92. The Morgan fingerprint density at radius 2 is 1.26 bits per heavy atom. The second kappa shape index (κ2) is 14.8. The van der Waals surface area contributed by atoms with Gasteiger partial charge < -0.3 is 9.64 Å². The SMILES string of the molecule is CCN(CC)C(C)CCCCCCOc1ccc(/C(=C(\Cl)c2ccccc2)c2ccccc2)cc1. The Morgan fingerprint density at radius 1 is 0.714 bits per heavy atom. The Kier molecular flexibility index (Phi) is 11.4. The van der Waals surface area contributed by atoms with Gasteiger partial charge in [0.05, 0.1) is 11.6 Å². The number of ether oxygens (including phenoxy) is 1. The monoisotopic (exact) mass is 489 g/mol. The van der Waals surface area contributed by atoms with Crippen LogP contribution in [0.15, 0.2) is 84.9 Å². The molecule has 35 heavy (non-hydrogen) atoms. The third-order valence-electron chi connectivity index (χ3n) is 6.67. The van der Waals surface area contributed by atoms with Gasteiger partial charge in [-0.05, 0) is 61.7 Å². The van der Waals surface area contributed by atoms with Gasteiger partial charge in [0.1, 0.15) is 5.75 Å². The summed E-state index contributed by atoms with van der Waals surface area (Å²) in [5, 5.41) is 0.751. The van der Waals surface area contributed by atoms with Crippen molar-refractivity contribution in [3.05, 3.63) is 102 Å². The largest absolute Gasteiger partial charge is 0.494 e. The van der Waals surface area contributed by atoms with Gasteiger partial charge in [0.15, 0.2) is 0 Å². The number of hydrogen-bond acceptors (Lipinski definition) is 2. The van der Waals surface area contributed by atoms with Crippen LogP contribution in [0, 0.1) is 0 Å². The minimum Gasteiger partial charge on any atom is -0.494 e. The van der Waals surface area contributed by atoms with E-state index in [2.05, 4.69) is 62.1 Å². The fraction of sp³-hybridized carbons (Fsp3) is 0.375. The van der Waals surface area contributed by atoms with Crippen molar-refractivity contribution in [3.8, 4) is 5.75 Å². The van der Waals surface area contributed by atoms with Gasteiger partial charge in [-0.3, -0.25) is 0 Å². The van der Waals surface area contributed by atoms with Crippen LogP contribution in [0.5, 0.6) is 5.75 Å². The maximum absolute atomic E-state index is 6.92. The number of rotatable bonds is 14. The van der Waals surface area contributed by atoms with Crippen molar-refractivity contribution in [2.45, 2.75) is 58.9 Å². The number of benzene rings is 3. The van der Waals surface area contributed by atoms with Crippen molar-refractivity contribution in [3.63, 3.8) is 0 Å². The van der Waals surface area contributed by atoms with Crippen molar-refractivity contribution in [1.29, 1.82) is 0 Å². The lowest BCUT2D eigenvalue weighted by Gasteiger charge is -2.26. The van der Waals surface area contributed by atoms with Crippen LogP contribution >= 0.6 is 11.6 Å². The minimum absolute atomic E-state index is 0.685. The lowest BCUT2D eigenvalue weighted by atomic mass is 9.95. The minimum atomic E-state index is 0.685. The molecule has 186 valence electrons. The zero-order chi connectivity index (χ0) is 24.9. The van der Waals surface area contributed by atoms with Crippen LogP contribution in [0.4, 0.5) is 0 Å². The Morgan fingerprint density at radius 3 is 1.86 bits per heavy atom. The fourth-order valence-electron chi connectivity index (χ4n) is 4.59. The molecule has 0 aliphatic heterocycles. The van der Waals surface area contributed by atoms with Crippen LogP contribution in [-0.2, 0) is 0 Å². The molecule has 0 fully saturated rings. The highest BCUT2D eigenvalue weighted by Crippen LogP contribution is 2.35. The molecule has 0 aromatic heterocycles. The van der Waals surface area contributed by atoms with Crippen LogP contribution in [-0.4, -0.2) is 30.6 Å². The lowest BCUT2D eigenvalue weighted by Crippen LogP contribution is -2.32. The molecule has 3 aromatic rings. The molecular formula is C32H40ClNO. The van der Waals surface area contributed by atoms with E-state index in [1.807, 2.05) is 48.5 Å². The van der Waals surface area contributed by atoms with E-state index in [0.717, 1.165) is 59.2 Å². The first-order valence-corrected chi connectivity index (χ1v) is 13.5. The van der Waals surface area contributed by atoms with E-state index in [9.17, 15) is 0 Å². The highest BCUT2D eigenvalue weighted by atomic mass is 35.5. The molecule has 0 saturated heterocycles. The topological polar surface area (TPSA) is 12.5 Å². The summed E-state index contributed by atoms with van der Waals surface area (Å²) in [6.45, 7) is 9.90. The quantitative estimate of drug-likeness (QED) is 0.165. The maximum Gasteiger partial charge on any atom is 0.119 e. The third kappa shape index (κ3) is 8.26. The highest BCUT2D eigenvalue weighted by molar-refractivity contribution is 6.53. The van der Waals surface area contributed by atoms with E-state index in [4.69, 9.17) is 16.3 Å². The Balaban J connectivity index is 1.54. The predicted molar refractivity (Wildman–Crippen MR) is 152 cm³/mol. The molecule has 0 aliphatic rings. The van der Waals surface area contributed by atoms with E-state index < -0.39 is 0 Å². The first-order chi connectivity index (χ1) is 17.1. The van der Waals surface area contributed by atoms with Gasteiger partial charge in [-0.15, -0.1) is 0 Å². The van der Waals surface area contributed by atoms with E-state index >= 15 is 0 Å². The van der Waals surface area contributed by atoms with Crippen molar-refractivity contribution in [1.82, 2.24) is 4.90 Å². The molecule has 0 saturated carbocycles. The molecule has 3 heteroatoms. The average Bonchev–Trinajstić information content (AvgIpc) is 2.91. The van der Waals surface area contributed by atoms with Gasteiger partial charge in [-0.2, -0.15) is 0 Å². The zero-order valence-corrected chi connectivity index (χ0v) is 22.3. The summed E-state index contributed by atoms with van der Waals surface area (Å²) in [7, 11) is 0. The predicted octanol–water partition coefficient (Wildman–Crippen LogP) is 8.90. The summed E-state index contributed by atoms with van der Waals surface area (Å²) in [5.74, 6) is 0.909. The summed E-state index contributed by atoms with van der Waals surface area (Å²) in [6.07, 6.45) is 6.17. The van der Waals surface area contributed by atoms with Crippen molar-refractivity contribution < 1.29 is 4.74 Å². The van der Waals surface area contributed by atoms with Gasteiger partial charge in [0.25, 0.3) is 0 Å². The van der Waals surface area contributed by atoms with Crippen LogP contribution in [0.25, 0.3) is 10.6 Å². The first-order valence-electron chi connectivity index (χ1n) is 13.1. The molecule has 1 unspecified atom stereocenters. The summed E-state index contributed by atoms with van der Waals surface area (Å²) in [4.78, 5) is 2.54.